The summed E-state index contributed by atoms with van der Waals surface area (Å²) >= 11 is 0. The Kier molecular flexibility index (Phi) is 17.5. The van der Waals surface area contributed by atoms with Crippen molar-refractivity contribution in [2.45, 2.75) is 44.9 Å². The molecular weight excluding hydrogens is 352 g/mol. The molecule has 0 fully saturated rings. The van der Waals surface area contributed by atoms with E-state index in [2.05, 4.69) is 16.9 Å². The second kappa shape index (κ2) is 18.8. The molecule has 7 nitrogen and oxygen atoms in total. The molecule has 154 valence electrons. The van der Waals surface area contributed by atoms with Crippen LogP contribution in [0.25, 0.3) is 0 Å². The molecule has 0 radical (unpaired) electrons. The van der Waals surface area contributed by atoms with E-state index < -0.39 is 5.97 Å². The fraction of sp³-hybridized carbons (Fsp3) is 0.600. The predicted molar refractivity (Wildman–Crippen MR) is 101 cm³/mol. The molecule has 27 heavy (non-hydrogen) atoms. The number of carboxylic acids is 1. The van der Waals surface area contributed by atoms with Crippen molar-refractivity contribution in [3.05, 3.63) is 35.9 Å². The van der Waals surface area contributed by atoms with Gasteiger partial charge in [-0.15, -0.1) is 0 Å². The number of carbonyl (C=O) groups excluding carboxylic acids is 1. The number of unbranched alkanes of at least 4 members (excludes halogenated alkanes) is 2. The Hall–Kier alpha value is -1.96. The van der Waals surface area contributed by atoms with Gasteiger partial charge in [-0.25, -0.2) is 0 Å². The summed E-state index contributed by atoms with van der Waals surface area (Å²) in [4.78, 5) is 21.6. The minimum absolute atomic E-state index is 0.0278. The molecule has 0 heterocycles. The van der Waals surface area contributed by atoms with Crippen molar-refractivity contribution in [2.24, 2.45) is 0 Å². The van der Waals surface area contributed by atoms with Gasteiger partial charge in [-0.05, 0) is 37.7 Å². The summed E-state index contributed by atoms with van der Waals surface area (Å²) in [5.41, 5.74) is 1.30. The van der Waals surface area contributed by atoms with Crippen LogP contribution < -0.4 is 0 Å². The predicted octanol–water partition coefficient (Wildman–Crippen LogP) is 2.19. The Morgan fingerprint density at radius 3 is 2.04 bits per heavy atom. The minimum atomic E-state index is -0.820. The summed E-state index contributed by atoms with van der Waals surface area (Å²) in [5, 5.41) is 24.6. The lowest BCUT2D eigenvalue weighted by molar-refractivity contribution is -0.144. The fourth-order valence-corrected chi connectivity index (χ4v) is 2.11. The van der Waals surface area contributed by atoms with E-state index in [1.807, 2.05) is 18.2 Å². The summed E-state index contributed by atoms with van der Waals surface area (Å²) in [6.07, 6.45) is 4.38. The molecule has 0 bridgehead atoms. The molecule has 0 saturated carbocycles. The average Bonchev–Trinajstić information content (AvgIpc) is 2.67. The zero-order valence-electron chi connectivity index (χ0n) is 15.8. The van der Waals surface area contributed by atoms with Crippen molar-refractivity contribution in [3.8, 4) is 0 Å². The SMILES string of the molecule is O=C(O)CCCCC(=O)OCCCCc1ccccc1.OCCOCCO. The number of benzene rings is 1. The molecule has 3 N–H and O–H groups in total. The molecule has 0 aliphatic heterocycles. The lowest BCUT2D eigenvalue weighted by Gasteiger charge is -2.05. The van der Waals surface area contributed by atoms with E-state index in [0.717, 1.165) is 19.3 Å². The van der Waals surface area contributed by atoms with Gasteiger partial charge < -0.3 is 24.8 Å². The Morgan fingerprint density at radius 2 is 1.44 bits per heavy atom. The van der Waals surface area contributed by atoms with Gasteiger partial charge in [0.1, 0.15) is 0 Å². The summed E-state index contributed by atoms with van der Waals surface area (Å²) < 4.78 is 9.73. The first-order valence-electron chi connectivity index (χ1n) is 9.31. The highest BCUT2D eigenvalue weighted by atomic mass is 16.5. The Morgan fingerprint density at radius 1 is 0.815 bits per heavy atom. The number of hydrogen-bond acceptors (Lipinski definition) is 6. The van der Waals surface area contributed by atoms with Crippen molar-refractivity contribution < 1.29 is 34.4 Å². The van der Waals surface area contributed by atoms with E-state index in [1.54, 1.807) is 0 Å². The number of aliphatic hydroxyl groups excluding tert-OH is 2. The molecule has 1 aromatic rings. The highest BCUT2D eigenvalue weighted by Crippen LogP contribution is 2.06. The van der Waals surface area contributed by atoms with Crippen LogP contribution in [0.15, 0.2) is 30.3 Å². The van der Waals surface area contributed by atoms with Crippen LogP contribution in [-0.2, 0) is 25.5 Å². The molecule has 1 aromatic carbocycles. The van der Waals surface area contributed by atoms with E-state index in [4.69, 9.17) is 20.1 Å². The molecule has 0 amide bonds. The molecular formula is C20H32O7. The monoisotopic (exact) mass is 384 g/mol. The number of hydrogen-bond donors (Lipinski definition) is 3. The Bertz CT molecular complexity index is 472. The molecule has 0 spiro atoms. The summed E-state index contributed by atoms with van der Waals surface area (Å²) in [7, 11) is 0. The second-order valence-corrected chi connectivity index (χ2v) is 5.82. The highest BCUT2D eigenvalue weighted by molar-refractivity contribution is 5.69. The molecule has 1 rings (SSSR count). The van der Waals surface area contributed by atoms with Crippen LogP contribution >= 0.6 is 0 Å². The van der Waals surface area contributed by atoms with Crippen LogP contribution in [-0.4, -0.2) is 60.3 Å². The van der Waals surface area contributed by atoms with Crippen molar-refractivity contribution in [3.63, 3.8) is 0 Å². The third-order valence-electron chi connectivity index (χ3n) is 3.46. The maximum atomic E-state index is 11.4. The van der Waals surface area contributed by atoms with Gasteiger partial charge in [0.15, 0.2) is 0 Å². The topological polar surface area (TPSA) is 113 Å². The van der Waals surface area contributed by atoms with Crippen molar-refractivity contribution >= 4 is 11.9 Å². The highest BCUT2D eigenvalue weighted by Gasteiger charge is 2.04. The van der Waals surface area contributed by atoms with Gasteiger partial charge >= 0.3 is 11.9 Å². The first-order chi connectivity index (χ1) is 13.1. The van der Waals surface area contributed by atoms with Gasteiger partial charge in [0.2, 0.25) is 0 Å². The molecule has 0 aromatic heterocycles. The van der Waals surface area contributed by atoms with Crippen LogP contribution in [0.3, 0.4) is 0 Å². The largest absolute Gasteiger partial charge is 0.481 e. The normalized spacial score (nSPS) is 10.0. The quantitative estimate of drug-likeness (QED) is 0.333. The van der Waals surface area contributed by atoms with Gasteiger partial charge in [-0.3, -0.25) is 9.59 Å². The summed E-state index contributed by atoms with van der Waals surface area (Å²) in [5.74, 6) is -1.05. The first-order valence-corrected chi connectivity index (χ1v) is 9.31. The van der Waals surface area contributed by atoms with Crippen molar-refractivity contribution in [1.29, 1.82) is 0 Å². The molecule has 0 aliphatic carbocycles. The van der Waals surface area contributed by atoms with Crippen LogP contribution in [0.1, 0.15) is 44.1 Å². The fourth-order valence-electron chi connectivity index (χ4n) is 2.11. The summed E-state index contributed by atoms with van der Waals surface area (Å²) in [6, 6.07) is 10.2. The number of aryl methyl sites for hydroxylation is 1. The van der Waals surface area contributed by atoms with Crippen LogP contribution in [0.5, 0.6) is 0 Å². The number of carbonyl (C=O) groups is 2. The van der Waals surface area contributed by atoms with E-state index in [9.17, 15) is 9.59 Å². The first kappa shape index (κ1) is 25.0. The van der Waals surface area contributed by atoms with Gasteiger partial charge in [0, 0.05) is 12.8 Å². The van der Waals surface area contributed by atoms with Gasteiger partial charge in [-0.1, -0.05) is 30.3 Å². The smallest absolute Gasteiger partial charge is 0.305 e. The number of esters is 1. The Labute approximate surface area is 160 Å². The zero-order chi connectivity index (χ0) is 20.2. The van der Waals surface area contributed by atoms with Gasteiger partial charge in [-0.2, -0.15) is 0 Å². The number of aliphatic carboxylic acids is 1. The number of aliphatic hydroxyl groups is 2. The number of carboxylic acid groups (broad SMARTS) is 1. The maximum absolute atomic E-state index is 11.4. The number of ether oxygens (including phenoxy) is 2. The van der Waals surface area contributed by atoms with Crippen LogP contribution in [0.2, 0.25) is 0 Å². The maximum Gasteiger partial charge on any atom is 0.305 e. The van der Waals surface area contributed by atoms with Crippen LogP contribution in [0.4, 0.5) is 0 Å². The third-order valence-corrected chi connectivity index (χ3v) is 3.46. The van der Waals surface area contributed by atoms with Gasteiger partial charge in [0.05, 0.1) is 33.0 Å². The third kappa shape index (κ3) is 18.6. The van der Waals surface area contributed by atoms with Crippen molar-refractivity contribution in [2.75, 3.05) is 33.0 Å². The average molecular weight is 384 g/mol. The minimum Gasteiger partial charge on any atom is -0.481 e. The van der Waals surface area contributed by atoms with Crippen molar-refractivity contribution in [1.82, 2.24) is 0 Å². The Balaban J connectivity index is 0.000000821. The van der Waals surface area contributed by atoms with E-state index in [0.29, 0.717) is 39.1 Å². The van der Waals surface area contributed by atoms with E-state index in [1.165, 1.54) is 5.56 Å². The second-order valence-electron chi connectivity index (χ2n) is 5.82. The molecule has 0 saturated heterocycles. The van der Waals surface area contributed by atoms with E-state index in [-0.39, 0.29) is 25.6 Å². The van der Waals surface area contributed by atoms with Crippen LogP contribution in [0, 0.1) is 0 Å². The zero-order valence-corrected chi connectivity index (χ0v) is 15.8. The standard InChI is InChI=1S/C16H22O4.C4H10O3/c17-15(18)11-4-5-12-16(19)20-13-7-6-10-14-8-2-1-3-9-14;5-1-3-7-4-2-6/h1-3,8-9H,4-7,10-13H2,(H,17,18);5-6H,1-4H2. The molecule has 0 aliphatic rings. The van der Waals surface area contributed by atoms with E-state index >= 15 is 0 Å². The summed E-state index contributed by atoms with van der Waals surface area (Å²) in [6.45, 7) is 1.14. The molecule has 0 atom stereocenters. The number of rotatable bonds is 14. The lowest BCUT2D eigenvalue weighted by Crippen LogP contribution is -2.06. The molecule has 0 unspecified atom stereocenters. The molecule has 7 heteroatoms. The van der Waals surface area contributed by atoms with Gasteiger partial charge in [0.25, 0.3) is 0 Å². The lowest BCUT2D eigenvalue weighted by atomic mass is 10.1.